The van der Waals surface area contributed by atoms with E-state index in [1.807, 2.05) is 29.8 Å². The number of nitrogens with one attached hydrogen (secondary N) is 1. The van der Waals surface area contributed by atoms with Gasteiger partial charge < -0.3 is 9.72 Å². The Bertz CT molecular complexity index is 1310. The number of H-pyrrole nitrogens is 1. The van der Waals surface area contributed by atoms with Gasteiger partial charge in [0.05, 0.1) is 24.2 Å². The average Bonchev–Trinajstić information content (AvgIpc) is 3.63. The number of hydrogen-bond acceptors (Lipinski definition) is 7. The normalized spacial score (nSPS) is 16.9. The molecule has 1 fully saturated rings. The second kappa shape index (κ2) is 10.8. The molecule has 0 radical (unpaired) electrons. The third-order valence-electron chi connectivity index (χ3n) is 6.74. The SMILES string of the molecule is CCC[C@H](c1nnnn1C[C@@H]1CCCO1)N(Cc1cccs1)Cc1cc2cccc(C)c2[nH]c1=O. The summed E-state index contributed by atoms with van der Waals surface area (Å²) in [4.78, 5) is 19.9. The fourth-order valence-electron chi connectivity index (χ4n) is 4.95. The van der Waals surface area contributed by atoms with Crippen molar-refractivity contribution in [1.29, 1.82) is 0 Å². The molecule has 35 heavy (non-hydrogen) atoms. The predicted molar refractivity (Wildman–Crippen MR) is 137 cm³/mol. The lowest BCUT2D eigenvalue weighted by Gasteiger charge is -2.30. The Kier molecular flexibility index (Phi) is 7.36. The maximum absolute atomic E-state index is 13.1. The minimum Gasteiger partial charge on any atom is -0.376 e. The summed E-state index contributed by atoms with van der Waals surface area (Å²) in [6, 6.07) is 12.3. The highest BCUT2D eigenvalue weighted by molar-refractivity contribution is 7.09. The molecule has 5 rings (SSSR count). The minimum absolute atomic E-state index is 0.0221. The summed E-state index contributed by atoms with van der Waals surface area (Å²) in [5.74, 6) is 0.840. The van der Waals surface area contributed by atoms with E-state index in [2.05, 4.69) is 55.9 Å². The Balaban J connectivity index is 1.50. The molecule has 1 N–H and O–H groups in total. The van der Waals surface area contributed by atoms with Crippen LogP contribution in [0, 0.1) is 6.92 Å². The van der Waals surface area contributed by atoms with Crippen molar-refractivity contribution in [3.8, 4) is 0 Å². The molecule has 1 aliphatic heterocycles. The van der Waals surface area contributed by atoms with Crippen LogP contribution in [-0.4, -0.2) is 42.8 Å². The van der Waals surface area contributed by atoms with E-state index in [-0.39, 0.29) is 17.7 Å². The minimum atomic E-state index is -0.0443. The molecule has 1 aliphatic rings. The Morgan fingerprint density at radius 3 is 2.97 bits per heavy atom. The molecule has 1 saturated heterocycles. The molecule has 0 spiro atoms. The van der Waals surface area contributed by atoms with E-state index in [1.165, 1.54) is 4.88 Å². The maximum atomic E-state index is 13.1. The smallest absolute Gasteiger partial charge is 0.252 e. The van der Waals surface area contributed by atoms with Gasteiger partial charge in [0.1, 0.15) is 0 Å². The van der Waals surface area contributed by atoms with Gasteiger partial charge in [-0.3, -0.25) is 9.69 Å². The highest BCUT2D eigenvalue weighted by Crippen LogP contribution is 2.29. The van der Waals surface area contributed by atoms with Crippen molar-refractivity contribution in [2.45, 2.75) is 71.3 Å². The van der Waals surface area contributed by atoms with E-state index in [9.17, 15) is 4.79 Å². The van der Waals surface area contributed by atoms with Crippen LogP contribution in [0.3, 0.4) is 0 Å². The number of hydrogen-bond donors (Lipinski definition) is 1. The second-order valence-electron chi connectivity index (χ2n) is 9.31. The van der Waals surface area contributed by atoms with Gasteiger partial charge in [0.2, 0.25) is 0 Å². The van der Waals surface area contributed by atoms with E-state index in [0.29, 0.717) is 13.1 Å². The fourth-order valence-corrected chi connectivity index (χ4v) is 5.68. The zero-order valence-electron chi connectivity index (χ0n) is 20.3. The van der Waals surface area contributed by atoms with Crippen LogP contribution in [0.25, 0.3) is 10.9 Å². The molecule has 0 saturated carbocycles. The van der Waals surface area contributed by atoms with Crippen LogP contribution in [0.1, 0.15) is 60.5 Å². The first kappa shape index (κ1) is 23.8. The summed E-state index contributed by atoms with van der Waals surface area (Å²) in [6.07, 6.45) is 4.13. The Morgan fingerprint density at radius 1 is 1.29 bits per heavy atom. The van der Waals surface area contributed by atoms with Crippen LogP contribution in [0.4, 0.5) is 0 Å². The molecular formula is C26H32N6O2S. The Labute approximate surface area is 208 Å². The van der Waals surface area contributed by atoms with Gasteiger partial charge in [0.25, 0.3) is 5.56 Å². The molecule has 0 bridgehead atoms. The zero-order chi connectivity index (χ0) is 24.2. The lowest BCUT2D eigenvalue weighted by molar-refractivity contribution is 0.0885. The summed E-state index contributed by atoms with van der Waals surface area (Å²) in [6.45, 7) is 6.89. The van der Waals surface area contributed by atoms with E-state index >= 15 is 0 Å². The van der Waals surface area contributed by atoms with E-state index in [4.69, 9.17) is 4.74 Å². The van der Waals surface area contributed by atoms with Gasteiger partial charge in [0, 0.05) is 30.1 Å². The summed E-state index contributed by atoms with van der Waals surface area (Å²) >= 11 is 1.73. The largest absolute Gasteiger partial charge is 0.376 e. The average molecular weight is 493 g/mol. The number of fused-ring (bicyclic) bond motifs is 1. The number of para-hydroxylation sites is 1. The third kappa shape index (κ3) is 5.37. The first-order chi connectivity index (χ1) is 17.1. The summed E-state index contributed by atoms with van der Waals surface area (Å²) in [5, 5.41) is 16.0. The molecule has 4 heterocycles. The van der Waals surface area contributed by atoms with Crippen LogP contribution in [0.15, 0.2) is 46.6 Å². The van der Waals surface area contributed by atoms with Crippen LogP contribution >= 0.6 is 11.3 Å². The molecule has 184 valence electrons. The maximum Gasteiger partial charge on any atom is 0.252 e. The quantitative estimate of drug-likeness (QED) is 0.348. The number of aryl methyl sites for hydroxylation is 1. The van der Waals surface area contributed by atoms with Gasteiger partial charge >= 0.3 is 0 Å². The lowest BCUT2D eigenvalue weighted by Crippen LogP contribution is -2.33. The van der Waals surface area contributed by atoms with Crippen molar-refractivity contribution in [1.82, 2.24) is 30.1 Å². The monoisotopic (exact) mass is 492 g/mol. The molecule has 0 unspecified atom stereocenters. The predicted octanol–water partition coefficient (Wildman–Crippen LogP) is 4.61. The molecule has 9 heteroatoms. The number of tetrazole rings is 1. The van der Waals surface area contributed by atoms with E-state index in [1.54, 1.807) is 11.3 Å². The van der Waals surface area contributed by atoms with Crippen molar-refractivity contribution < 1.29 is 4.74 Å². The topological polar surface area (TPSA) is 88.9 Å². The number of pyridine rings is 1. The van der Waals surface area contributed by atoms with Crippen molar-refractivity contribution in [2.75, 3.05) is 6.61 Å². The van der Waals surface area contributed by atoms with Gasteiger partial charge in [-0.05, 0) is 65.1 Å². The van der Waals surface area contributed by atoms with Crippen LogP contribution in [-0.2, 0) is 24.4 Å². The van der Waals surface area contributed by atoms with Crippen molar-refractivity contribution in [2.24, 2.45) is 0 Å². The molecule has 0 amide bonds. The van der Waals surface area contributed by atoms with Crippen molar-refractivity contribution in [3.63, 3.8) is 0 Å². The number of nitrogens with zero attached hydrogens (tertiary/aromatic N) is 5. The van der Waals surface area contributed by atoms with Gasteiger partial charge in [-0.1, -0.05) is 37.6 Å². The van der Waals surface area contributed by atoms with Gasteiger partial charge in [-0.2, -0.15) is 0 Å². The van der Waals surface area contributed by atoms with Crippen LogP contribution in [0.2, 0.25) is 0 Å². The standard InChI is InChI=1S/C26H32N6O2S/c1-3-7-23(25-28-29-30-32(25)16-21-10-5-12-34-21)31(17-22-11-6-13-35-22)15-20-14-19-9-4-8-18(2)24(19)27-26(20)33/h4,6,8-9,11,13-14,21,23H,3,5,7,10,12,15-17H2,1-2H3,(H,27,33)/t21-,23+/m0/s1. The lowest BCUT2D eigenvalue weighted by atomic mass is 10.1. The molecule has 0 aliphatic carbocycles. The summed E-state index contributed by atoms with van der Waals surface area (Å²) < 4.78 is 7.76. The molecular weight excluding hydrogens is 460 g/mol. The first-order valence-corrected chi connectivity index (χ1v) is 13.3. The first-order valence-electron chi connectivity index (χ1n) is 12.4. The third-order valence-corrected chi connectivity index (χ3v) is 7.60. The van der Waals surface area contributed by atoms with Crippen molar-refractivity contribution >= 4 is 22.2 Å². The number of aromatic nitrogens is 5. The van der Waals surface area contributed by atoms with E-state index < -0.39 is 0 Å². The molecule has 4 aromatic rings. The van der Waals surface area contributed by atoms with Gasteiger partial charge in [0.15, 0.2) is 5.82 Å². The van der Waals surface area contributed by atoms with Crippen LogP contribution < -0.4 is 5.56 Å². The summed E-state index contributed by atoms with van der Waals surface area (Å²) in [7, 11) is 0. The summed E-state index contributed by atoms with van der Waals surface area (Å²) in [5.41, 5.74) is 2.67. The molecule has 3 aromatic heterocycles. The van der Waals surface area contributed by atoms with Gasteiger partial charge in [-0.15, -0.1) is 16.4 Å². The fraction of sp³-hybridized carbons (Fsp3) is 0.462. The molecule has 8 nitrogen and oxygen atoms in total. The van der Waals surface area contributed by atoms with Gasteiger partial charge in [-0.25, -0.2) is 4.68 Å². The highest BCUT2D eigenvalue weighted by atomic mass is 32.1. The van der Waals surface area contributed by atoms with E-state index in [0.717, 1.165) is 66.7 Å². The number of aromatic amines is 1. The second-order valence-corrected chi connectivity index (χ2v) is 10.3. The Morgan fingerprint density at radius 2 is 2.20 bits per heavy atom. The highest BCUT2D eigenvalue weighted by Gasteiger charge is 2.28. The Hall–Kier alpha value is -2.88. The van der Waals surface area contributed by atoms with Crippen molar-refractivity contribution in [3.05, 3.63) is 74.0 Å². The number of benzene rings is 1. The zero-order valence-corrected chi connectivity index (χ0v) is 21.1. The number of rotatable bonds is 10. The number of ether oxygens (including phenoxy) is 1. The number of thiophene rings is 1. The van der Waals surface area contributed by atoms with Crippen LogP contribution in [0.5, 0.6) is 0 Å². The molecule has 2 atom stereocenters. The molecule has 1 aromatic carbocycles.